The third kappa shape index (κ3) is 2.51. The molecule has 0 radical (unpaired) electrons. The first-order chi connectivity index (χ1) is 12.1. The van der Waals surface area contributed by atoms with Gasteiger partial charge in [0.2, 0.25) is 5.95 Å². The Hall–Kier alpha value is -3.29. The lowest BCUT2D eigenvalue weighted by Gasteiger charge is -2.09. The van der Waals surface area contributed by atoms with Crippen molar-refractivity contribution in [2.75, 3.05) is 5.32 Å². The standard InChI is InChI=1S/C17H15FN6O/c1-3-23-13-9-11(18)4-5-12(13)21-17(23)22-16(25)14-8-10(2)20-15-6-7-19-24(14)15/h4-9H,3H2,1-2H3,(H,21,22,25). The highest BCUT2D eigenvalue weighted by Gasteiger charge is 2.17. The van der Waals surface area contributed by atoms with E-state index >= 15 is 0 Å². The van der Waals surface area contributed by atoms with Gasteiger partial charge in [0.05, 0.1) is 17.2 Å². The van der Waals surface area contributed by atoms with E-state index < -0.39 is 0 Å². The van der Waals surface area contributed by atoms with Gasteiger partial charge in [0.25, 0.3) is 5.91 Å². The van der Waals surface area contributed by atoms with Crippen molar-refractivity contribution >= 4 is 28.5 Å². The smallest absolute Gasteiger partial charge is 0.276 e. The fraction of sp³-hybridized carbons (Fsp3) is 0.176. The van der Waals surface area contributed by atoms with E-state index in [9.17, 15) is 9.18 Å². The summed E-state index contributed by atoms with van der Waals surface area (Å²) >= 11 is 0. The Bertz CT molecular complexity index is 1110. The first-order valence-corrected chi connectivity index (χ1v) is 7.85. The second-order valence-electron chi connectivity index (χ2n) is 5.65. The average molecular weight is 338 g/mol. The van der Waals surface area contributed by atoms with Crippen LogP contribution in [0.25, 0.3) is 16.7 Å². The Kier molecular flexibility index (Phi) is 3.45. The Morgan fingerprint density at radius 1 is 1.24 bits per heavy atom. The summed E-state index contributed by atoms with van der Waals surface area (Å²) < 4.78 is 16.8. The van der Waals surface area contributed by atoms with Crippen LogP contribution in [0, 0.1) is 12.7 Å². The van der Waals surface area contributed by atoms with Crippen molar-refractivity contribution < 1.29 is 9.18 Å². The average Bonchev–Trinajstić information content (AvgIpc) is 3.17. The number of benzene rings is 1. The zero-order valence-corrected chi connectivity index (χ0v) is 13.7. The number of rotatable bonds is 3. The maximum absolute atomic E-state index is 13.5. The number of anilines is 1. The summed E-state index contributed by atoms with van der Waals surface area (Å²) in [7, 11) is 0. The van der Waals surface area contributed by atoms with Crippen LogP contribution >= 0.6 is 0 Å². The van der Waals surface area contributed by atoms with E-state index in [4.69, 9.17) is 0 Å². The van der Waals surface area contributed by atoms with Crippen molar-refractivity contribution in [3.05, 3.63) is 53.7 Å². The maximum atomic E-state index is 13.5. The Morgan fingerprint density at radius 2 is 2.08 bits per heavy atom. The van der Waals surface area contributed by atoms with E-state index in [0.717, 1.165) is 0 Å². The van der Waals surface area contributed by atoms with Crippen LogP contribution in [0.4, 0.5) is 10.3 Å². The number of imidazole rings is 1. The number of amides is 1. The zero-order valence-electron chi connectivity index (χ0n) is 13.7. The molecule has 0 bridgehead atoms. The molecule has 7 nitrogen and oxygen atoms in total. The van der Waals surface area contributed by atoms with E-state index in [1.54, 1.807) is 29.0 Å². The number of nitrogens with zero attached hydrogens (tertiary/aromatic N) is 5. The number of nitrogens with one attached hydrogen (secondary N) is 1. The molecule has 3 aromatic heterocycles. The van der Waals surface area contributed by atoms with E-state index in [-0.39, 0.29) is 11.7 Å². The number of fused-ring (bicyclic) bond motifs is 2. The lowest BCUT2D eigenvalue weighted by molar-refractivity contribution is 0.101. The van der Waals surface area contributed by atoms with Gasteiger partial charge in [-0.15, -0.1) is 0 Å². The van der Waals surface area contributed by atoms with Crippen LogP contribution < -0.4 is 5.32 Å². The van der Waals surface area contributed by atoms with Gasteiger partial charge < -0.3 is 4.57 Å². The summed E-state index contributed by atoms with van der Waals surface area (Å²) in [6.07, 6.45) is 1.59. The van der Waals surface area contributed by atoms with Crippen LogP contribution in [0.3, 0.4) is 0 Å². The SMILES string of the molecule is CCn1c(NC(=O)c2cc(C)nc3ccnn23)nc2ccc(F)cc21. The minimum Gasteiger partial charge on any atom is -0.310 e. The van der Waals surface area contributed by atoms with Crippen molar-refractivity contribution in [1.29, 1.82) is 0 Å². The second-order valence-corrected chi connectivity index (χ2v) is 5.65. The first kappa shape index (κ1) is 15.3. The van der Waals surface area contributed by atoms with Crippen LogP contribution in [-0.2, 0) is 6.54 Å². The minimum absolute atomic E-state index is 0.344. The van der Waals surface area contributed by atoms with Gasteiger partial charge in [0, 0.05) is 18.3 Å². The van der Waals surface area contributed by atoms with Gasteiger partial charge in [-0.2, -0.15) is 5.10 Å². The highest BCUT2D eigenvalue weighted by molar-refractivity contribution is 6.03. The van der Waals surface area contributed by atoms with Gasteiger partial charge in [-0.3, -0.25) is 10.1 Å². The minimum atomic E-state index is -0.357. The summed E-state index contributed by atoms with van der Waals surface area (Å²) in [4.78, 5) is 21.5. The largest absolute Gasteiger partial charge is 0.310 e. The molecule has 0 unspecified atom stereocenters. The zero-order chi connectivity index (χ0) is 17.6. The molecule has 1 aromatic carbocycles. The summed E-state index contributed by atoms with van der Waals surface area (Å²) in [6, 6.07) is 7.74. The van der Waals surface area contributed by atoms with E-state index in [2.05, 4.69) is 20.4 Å². The molecule has 4 aromatic rings. The summed E-state index contributed by atoms with van der Waals surface area (Å²) in [6.45, 7) is 4.26. The van der Waals surface area contributed by atoms with Gasteiger partial charge in [-0.25, -0.2) is 18.9 Å². The number of aryl methyl sites for hydroxylation is 2. The van der Waals surface area contributed by atoms with Gasteiger partial charge in [-0.1, -0.05) is 0 Å². The lowest BCUT2D eigenvalue weighted by atomic mass is 10.3. The normalized spacial score (nSPS) is 11.3. The Labute approximate surface area is 142 Å². The molecule has 25 heavy (non-hydrogen) atoms. The Balaban J connectivity index is 1.78. The third-order valence-electron chi connectivity index (χ3n) is 3.97. The van der Waals surface area contributed by atoms with Crippen molar-refractivity contribution in [2.24, 2.45) is 0 Å². The molecule has 3 heterocycles. The highest BCUT2D eigenvalue weighted by atomic mass is 19.1. The fourth-order valence-corrected chi connectivity index (χ4v) is 2.88. The van der Waals surface area contributed by atoms with Crippen LogP contribution in [0.1, 0.15) is 23.1 Å². The molecule has 0 spiro atoms. The molecule has 0 aliphatic carbocycles. The van der Waals surface area contributed by atoms with Crippen molar-refractivity contribution in [2.45, 2.75) is 20.4 Å². The molecule has 1 amide bonds. The second kappa shape index (κ2) is 5.66. The van der Waals surface area contributed by atoms with Gasteiger partial charge in [-0.05, 0) is 38.1 Å². The van der Waals surface area contributed by atoms with Crippen LogP contribution in [0.2, 0.25) is 0 Å². The molecule has 0 aliphatic heterocycles. The number of hydrogen-bond donors (Lipinski definition) is 1. The molecule has 8 heteroatoms. The first-order valence-electron chi connectivity index (χ1n) is 7.85. The number of carbonyl (C=O) groups excluding carboxylic acids is 1. The molecule has 0 fully saturated rings. The molecule has 126 valence electrons. The molecular weight excluding hydrogens is 323 g/mol. The van der Waals surface area contributed by atoms with E-state index in [1.165, 1.54) is 16.6 Å². The predicted molar refractivity (Wildman–Crippen MR) is 91.0 cm³/mol. The summed E-state index contributed by atoms with van der Waals surface area (Å²) in [5, 5.41) is 6.93. The number of aromatic nitrogens is 5. The molecule has 0 aliphatic rings. The van der Waals surface area contributed by atoms with Crippen LogP contribution in [0.5, 0.6) is 0 Å². The quantitative estimate of drug-likeness (QED) is 0.623. The molecule has 0 atom stereocenters. The fourth-order valence-electron chi connectivity index (χ4n) is 2.88. The van der Waals surface area contributed by atoms with E-state index in [1.807, 2.05) is 13.8 Å². The number of carbonyl (C=O) groups is 1. The van der Waals surface area contributed by atoms with Gasteiger partial charge in [0.15, 0.2) is 5.65 Å². The summed E-state index contributed by atoms with van der Waals surface area (Å²) in [5.74, 6) is -0.337. The number of halogens is 1. The molecule has 0 saturated carbocycles. The van der Waals surface area contributed by atoms with Gasteiger partial charge >= 0.3 is 0 Å². The van der Waals surface area contributed by atoms with Gasteiger partial charge in [0.1, 0.15) is 11.5 Å². The van der Waals surface area contributed by atoms with Crippen molar-refractivity contribution in [3.63, 3.8) is 0 Å². The van der Waals surface area contributed by atoms with Crippen LogP contribution in [0.15, 0.2) is 36.5 Å². The maximum Gasteiger partial charge on any atom is 0.276 e. The lowest BCUT2D eigenvalue weighted by Crippen LogP contribution is -2.19. The highest BCUT2D eigenvalue weighted by Crippen LogP contribution is 2.21. The van der Waals surface area contributed by atoms with Crippen molar-refractivity contribution in [3.8, 4) is 0 Å². The monoisotopic (exact) mass is 338 g/mol. The molecule has 0 saturated heterocycles. The van der Waals surface area contributed by atoms with Crippen LogP contribution in [-0.4, -0.2) is 30.1 Å². The molecule has 4 rings (SSSR count). The topological polar surface area (TPSA) is 77.1 Å². The number of hydrogen-bond acceptors (Lipinski definition) is 4. The molecular formula is C17H15FN6O. The third-order valence-corrected chi connectivity index (χ3v) is 3.97. The van der Waals surface area contributed by atoms with E-state index in [0.29, 0.717) is 40.6 Å². The predicted octanol–water partition coefficient (Wildman–Crippen LogP) is 2.80. The summed E-state index contributed by atoms with van der Waals surface area (Å²) in [5.41, 5.74) is 2.91. The Morgan fingerprint density at radius 3 is 2.88 bits per heavy atom. The van der Waals surface area contributed by atoms with Crippen molar-refractivity contribution in [1.82, 2.24) is 24.1 Å². The molecule has 1 N–H and O–H groups in total.